The topological polar surface area (TPSA) is 96.1 Å². The predicted octanol–water partition coefficient (Wildman–Crippen LogP) is 3.31. The van der Waals surface area contributed by atoms with Crippen LogP contribution in [0.15, 0.2) is 29.2 Å². The molecule has 0 saturated carbocycles. The molecule has 172 valence electrons. The van der Waals surface area contributed by atoms with E-state index in [0.717, 1.165) is 22.7 Å². The van der Waals surface area contributed by atoms with Crippen LogP contribution in [0.1, 0.15) is 36.7 Å². The summed E-state index contributed by atoms with van der Waals surface area (Å²) in [6, 6.07) is 5.47. The maximum atomic E-state index is 12.5. The SMILES string of the molecule is COc1ccc(C(C)[C@H](C)COc2cc(NCc3c(C)nn(C)c3Cl)c(=O)n(C)n2)nc1. The van der Waals surface area contributed by atoms with Crippen LogP contribution in [0.2, 0.25) is 5.15 Å². The molecule has 0 spiro atoms. The zero-order valence-electron chi connectivity index (χ0n) is 19.2. The Balaban J connectivity index is 1.67. The molecule has 2 atom stereocenters. The second-order valence-electron chi connectivity index (χ2n) is 7.86. The summed E-state index contributed by atoms with van der Waals surface area (Å²) < 4.78 is 14.0. The first kappa shape index (κ1) is 23.6. The van der Waals surface area contributed by atoms with Gasteiger partial charge < -0.3 is 14.8 Å². The Morgan fingerprint density at radius 2 is 1.94 bits per heavy atom. The van der Waals surface area contributed by atoms with Crippen molar-refractivity contribution in [1.29, 1.82) is 0 Å². The maximum absolute atomic E-state index is 12.5. The second kappa shape index (κ2) is 10.0. The molecule has 1 N–H and O–H groups in total. The molecule has 1 unspecified atom stereocenters. The highest BCUT2D eigenvalue weighted by atomic mass is 35.5. The fourth-order valence-corrected chi connectivity index (χ4v) is 3.51. The Hall–Kier alpha value is -3.07. The van der Waals surface area contributed by atoms with Crippen LogP contribution >= 0.6 is 11.6 Å². The van der Waals surface area contributed by atoms with Gasteiger partial charge in [0, 0.05) is 43.9 Å². The first-order valence-corrected chi connectivity index (χ1v) is 10.7. The molecule has 3 aromatic rings. The van der Waals surface area contributed by atoms with Crippen LogP contribution < -0.4 is 20.3 Å². The molecule has 0 radical (unpaired) electrons. The highest BCUT2D eigenvalue weighted by Crippen LogP contribution is 2.25. The van der Waals surface area contributed by atoms with E-state index in [1.807, 2.05) is 19.1 Å². The van der Waals surface area contributed by atoms with Crippen LogP contribution in [-0.2, 0) is 20.6 Å². The van der Waals surface area contributed by atoms with Gasteiger partial charge in [0.15, 0.2) is 0 Å². The number of aryl methyl sites for hydroxylation is 3. The lowest BCUT2D eigenvalue weighted by Gasteiger charge is -2.20. The third-order valence-electron chi connectivity index (χ3n) is 5.58. The lowest BCUT2D eigenvalue weighted by Crippen LogP contribution is -2.25. The van der Waals surface area contributed by atoms with Crippen LogP contribution in [0, 0.1) is 12.8 Å². The summed E-state index contributed by atoms with van der Waals surface area (Å²) in [4.78, 5) is 17.0. The summed E-state index contributed by atoms with van der Waals surface area (Å²) in [5.41, 5.74) is 2.74. The van der Waals surface area contributed by atoms with E-state index in [0.29, 0.717) is 29.9 Å². The van der Waals surface area contributed by atoms with E-state index in [-0.39, 0.29) is 17.4 Å². The van der Waals surface area contributed by atoms with Crippen molar-refractivity contribution in [2.45, 2.75) is 33.2 Å². The van der Waals surface area contributed by atoms with Crippen LogP contribution in [-0.4, -0.2) is 38.3 Å². The second-order valence-corrected chi connectivity index (χ2v) is 8.21. The summed E-state index contributed by atoms with van der Waals surface area (Å²) in [5, 5.41) is 12.2. The van der Waals surface area contributed by atoms with Crippen molar-refractivity contribution in [3.63, 3.8) is 0 Å². The quantitative estimate of drug-likeness (QED) is 0.523. The number of nitrogens with one attached hydrogen (secondary N) is 1. The number of halogens is 1. The molecule has 0 aliphatic heterocycles. The van der Waals surface area contributed by atoms with E-state index >= 15 is 0 Å². The van der Waals surface area contributed by atoms with Crippen molar-refractivity contribution in [2.75, 3.05) is 19.0 Å². The van der Waals surface area contributed by atoms with Crippen molar-refractivity contribution in [3.05, 3.63) is 56.9 Å². The van der Waals surface area contributed by atoms with Gasteiger partial charge in [0.1, 0.15) is 16.6 Å². The summed E-state index contributed by atoms with van der Waals surface area (Å²) in [5.74, 6) is 1.43. The largest absolute Gasteiger partial charge is 0.495 e. The van der Waals surface area contributed by atoms with Gasteiger partial charge in [-0.1, -0.05) is 25.4 Å². The summed E-state index contributed by atoms with van der Waals surface area (Å²) in [7, 11) is 4.99. The third-order valence-corrected chi connectivity index (χ3v) is 6.05. The smallest absolute Gasteiger partial charge is 0.290 e. The van der Waals surface area contributed by atoms with Gasteiger partial charge in [-0.25, -0.2) is 4.68 Å². The Labute approximate surface area is 192 Å². The average molecular weight is 461 g/mol. The van der Waals surface area contributed by atoms with Gasteiger partial charge in [0.2, 0.25) is 5.88 Å². The van der Waals surface area contributed by atoms with Crippen molar-refractivity contribution in [1.82, 2.24) is 24.5 Å². The normalized spacial score (nSPS) is 13.0. The van der Waals surface area contributed by atoms with Gasteiger partial charge in [0.25, 0.3) is 5.56 Å². The number of ether oxygens (including phenoxy) is 2. The molecule has 3 aromatic heterocycles. The van der Waals surface area contributed by atoms with Gasteiger partial charge in [-0.2, -0.15) is 5.10 Å². The molecule has 0 aromatic carbocycles. The van der Waals surface area contributed by atoms with E-state index in [2.05, 4.69) is 34.3 Å². The monoisotopic (exact) mass is 460 g/mol. The number of anilines is 1. The lowest BCUT2D eigenvalue weighted by molar-refractivity contribution is 0.228. The van der Waals surface area contributed by atoms with Gasteiger partial charge in [-0.3, -0.25) is 14.5 Å². The Morgan fingerprint density at radius 1 is 1.19 bits per heavy atom. The third kappa shape index (κ3) is 5.21. The summed E-state index contributed by atoms with van der Waals surface area (Å²) in [6.45, 7) is 6.86. The van der Waals surface area contributed by atoms with Gasteiger partial charge >= 0.3 is 0 Å². The minimum atomic E-state index is -0.251. The molecule has 10 heteroatoms. The highest BCUT2D eigenvalue weighted by Gasteiger charge is 2.18. The Bertz CT molecular complexity index is 1130. The zero-order valence-corrected chi connectivity index (χ0v) is 20.0. The lowest BCUT2D eigenvalue weighted by atomic mass is 9.93. The van der Waals surface area contributed by atoms with E-state index in [1.54, 1.807) is 38.2 Å². The van der Waals surface area contributed by atoms with E-state index < -0.39 is 0 Å². The molecule has 3 heterocycles. The summed E-state index contributed by atoms with van der Waals surface area (Å²) >= 11 is 6.29. The molecule has 0 aliphatic carbocycles. The van der Waals surface area contributed by atoms with Crippen molar-refractivity contribution < 1.29 is 9.47 Å². The minimum Gasteiger partial charge on any atom is -0.495 e. The van der Waals surface area contributed by atoms with Crippen molar-refractivity contribution >= 4 is 17.3 Å². The first-order chi connectivity index (χ1) is 15.2. The molecule has 0 saturated heterocycles. The van der Waals surface area contributed by atoms with Gasteiger partial charge in [-0.15, -0.1) is 5.10 Å². The van der Waals surface area contributed by atoms with Crippen LogP contribution in [0.3, 0.4) is 0 Å². The number of methoxy groups -OCH3 is 1. The highest BCUT2D eigenvalue weighted by molar-refractivity contribution is 6.30. The molecule has 0 fully saturated rings. The van der Waals surface area contributed by atoms with Crippen molar-refractivity contribution in [3.8, 4) is 11.6 Å². The average Bonchev–Trinajstić information content (AvgIpc) is 3.03. The molecular weight excluding hydrogens is 432 g/mol. The number of aromatic nitrogens is 5. The number of hydrogen-bond donors (Lipinski definition) is 1. The van der Waals surface area contributed by atoms with Crippen LogP contribution in [0.25, 0.3) is 0 Å². The molecular formula is C22H29ClN6O3. The number of pyridine rings is 1. The molecule has 32 heavy (non-hydrogen) atoms. The van der Waals surface area contributed by atoms with Crippen LogP contribution in [0.5, 0.6) is 11.6 Å². The van der Waals surface area contributed by atoms with E-state index in [9.17, 15) is 4.79 Å². The van der Waals surface area contributed by atoms with E-state index in [4.69, 9.17) is 21.1 Å². The molecule has 0 bridgehead atoms. The molecule has 0 amide bonds. The molecule has 0 aliphatic rings. The summed E-state index contributed by atoms with van der Waals surface area (Å²) in [6.07, 6.45) is 1.71. The first-order valence-electron chi connectivity index (χ1n) is 10.3. The van der Waals surface area contributed by atoms with Gasteiger partial charge in [-0.05, 0) is 25.0 Å². The number of nitrogens with zero attached hydrogens (tertiary/aromatic N) is 5. The van der Waals surface area contributed by atoms with Crippen molar-refractivity contribution in [2.24, 2.45) is 20.0 Å². The van der Waals surface area contributed by atoms with E-state index in [1.165, 1.54) is 4.68 Å². The van der Waals surface area contributed by atoms with Gasteiger partial charge in [0.05, 0.1) is 25.6 Å². The number of rotatable bonds is 9. The fraction of sp³-hybridized carbons (Fsp3) is 0.455. The standard InChI is InChI=1S/C22H29ClN6O3/c1-13(14(2)18-8-7-16(31-6)10-24-18)12-32-20-9-19(22(30)29(5)27-20)25-11-17-15(3)26-28(4)21(17)23/h7-10,13-14,25H,11-12H2,1-6H3/t13-,14?/m1/s1. The fourth-order valence-electron chi connectivity index (χ4n) is 3.27. The molecule has 3 rings (SSSR count). The Morgan fingerprint density at radius 3 is 2.53 bits per heavy atom. The predicted molar refractivity (Wildman–Crippen MR) is 124 cm³/mol. The number of hydrogen-bond acceptors (Lipinski definition) is 7. The molecule has 9 nitrogen and oxygen atoms in total. The van der Waals surface area contributed by atoms with Crippen LogP contribution in [0.4, 0.5) is 5.69 Å². The Kier molecular flexibility index (Phi) is 7.40. The minimum absolute atomic E-state index is 0.168. The zero-order chi connectivity index (χ0) is 23.4. The maximum Gasteiger partial charge on any atom is 0.290 e.